The van der Waals surface area contributed by atoms with E-state index >= 15 is 0 Å². The first-order valence-electron chi connectivity index (χ1n) is 7.74. The first kappa shape index (κ1) is 14.3. The van der Waals surface area contributed by atoms with Crippen molar-refractivity contribution in [3.63, 3.8) is 0 Å². The molecule has 2 fully saturated rings. The molecule has 7 heteroatoms. The van der Waals surface area contributed by atoms with Gasteiger partial charge in [-0.3, -0.25) is 0 Å². The van der Waals surface area contributed by atoms with Crippen molar-refractivity contribution in [3.8, 4) is 6.01 Å². The van der Waals surface area contributed by atoms with Crippen LogP contribution in [0.3, 0.4) is 0 Å². The molecule has 0 radical (unpaired) electrons. The van der Waals surface area contributed by atoms with Crippen LogP contribution in [-0.4, -0.2) is 53.9 Å². The van der Waals surface area contributed by atoms with Crippen molar-refractivity contribution in [1.29, 1.82) is 0 Å². The van der Waals surface area contributed by atoms with Crippen LogP contribution in [0, 0.1) is 0 Å². The summed E-state index contributed by atoms with van der Waals surface area (Å²) in [6.45, 7) is 4.49. The van der Waals surface area contributed by atoms with Gasteiger partial charge in [-0.2, -0.15) is 15.0 Å². The van der Waals surface area contributed by atoms with Crippen LogP contribution in [-0.2, 0) is 4.74 Å². The Hall–Kier alpha value is -1.63. The number of ether oxygens (including phenoxy) is 2. The first-order chi connectivity index (χ1) is 10.3. The van der Waals surface area contributed by atoms with Crippen LogP contribution in [0.1, 0.15) is 32.6 Å². The monoisotopic (exact) mass is 293 g/mol. The van der Waals surface area contributed by atoms with Crippen molar-refractivity contribution in [2.45, 2.75) is 44.8 Å². The summed E-state index contributed by atoms with van der Waals surface area (Å²) in [5, 5.41) is 3.21. The summed E-state index contributed by atoms with van der Waals surface area (Å²) < 4.78 is 11.1. The van der Waals surface area contributed by atoms with Crippen LogP contribution in [0.25, 0.3) is 0 Å². The number of nitrogens with one attached hydrogen (secondary N) is 1. The summed E-state index contributed by atoms with van der Waals surface area (Å²) in [6, 6.07) is 0.740. The van der Waals surface area contributed by atoms with Gasteiger partial charge < -0.3 is 19.7 Å². The lowest BCUT2D eigenvalue weighted by Crippen LogP contribution is -2.49. The zero-order valence-electron chi connectivity index (χ0n) is 12.7. The number of hydrogen-bond acceptors (Lipinski definition) is 7. The van der Waals surface area contributed by atoms with E-state index in [-0.39, 0.29) is 0 Å². The third kappa shape index (κ3) is 3.02. The van der Waals surface area contributed by atoms with Crippen molar-refractivity contribution in [3.05, 3.63) is 0 Å². The minimum Gasteiger partial charge on any atom is -0.467 e. The lowest BCUT2D eigenvalue weighted by molar-refractivity contribution is 0.0249. The number of rotatable bonds is 5. The van der Waals surface area contributed by atoms with Crippen molar-refractivity contribution < 1.29 is 9.47 Å². The molecule has 1 aromatic rings. The van der Waals surface area contributed by atoms with E-state index in [2.05, 4.69) is 32.1 Å². The van der Waals surface area contributed by atoms with Gasteiger partial charge in [0.15, 0.2) is 0 Å². The van der Waals surface area contributed by atoms with E-state index in [0.717, 1.165) is 39.0 Å². The minimum atomic E-state index is 0.313. The molecule has 0 aromatic carbocycles. The Balaban J connectivity index is 1.85. The standard InChI is InChI=1S/C14H23N5O2/c1-3-7-15-12-16-13(18-14(17-12)20-2)19-8-9-21-11-6-4-5-10(11)19/h10-11H,3-9H2,1-2H3,(H,15,16,17,18). The number of methoxy groups -OCH3 is 1. The van der Waals surface area contributed by atoms with Gasteiger partial charge in [-0.25, -0.2) is 0 Å². The summed E-state index contributed by atoms with van der Waals surface area (Å²) in [5.74, 6) is 1.28. The fourth-order valence-corrected chi connectivity index (χ4v) is 3.06. The van der Waals surface area contributed by atoms with Gasteiger partial charge in [-0.05, 0) is 25.7 Å². The maximum absolute atomic E-state index is 5.85. The zero-order chi connectivity index (χ0) is 14.7. The maximum Gasteiger partial charge on any atom is 0.322 e. The molecule has 1 aliphatic heterocycles. The Morgan fingerprint density at radius 1 is 1.33 bits per heavy atom. The second-order valence-corrected chi connectivity index (χ2v) is 5.47. The molecule has 0 bridgehead atoms. The average Bonchev–Trinajstić information content (AvgIpc) is 3.01. The second kappa shape index (κ2) is 6.43. The third-order valence-corrected chi connectivity index (χ3v) is 4.06. The summed E-state index contributed by atoms with van der Waals surface area (Å²) in [6.07, 6.45) is 4.80. The van der Waals surface area contributed by atoms with Crippen LogP contribution in [0.5, 0.6) is 6.01 Å². The van der Waals surface area contributed by atoms with Gasteiger partial charge in [0.1, 0.15) is 0 Å². The van der Waals surface area contributed by atoms with Crippen LogP contribution >= 0.6 is 0 Å². The van der Waals surface area contributed by atoms with Crippen molar-refractivity contribution in [2.75, 3.05) is 37.0 Å². The van der Waals surface area contributed by atoms with E-state index in [0.29, 0.717) is 30.1 Å². The highest BCUT2D eigenvalue weighted by Gasteiger charge is 2.37. The summed E-state index contributed by atoms with van der Waals surface area (Å²) in [4.78, 5) is 15.5. The van der Waals surface area contributed by atoms with Gasteiger partial charge in [0.2, 0.25) is 11.9 Å². The van der Waals surface area contributed by atoms with Crippen LogP contribution < -0.4 is 15.0 Å². The van der Waals surface area contributed by atoms with Crippen LogP contribution in [0.4, 0.5) is 11.9 Å². The normalized spacial score (nSPS) is 24.8. The molecule has 1 saturated heterocycles. The Morgan fingerprint density at radius 2 is 2.24 bits per heavy atom. The average molecular weight is 293 g/mol. The molecule has 2 atom stereocenters. The first-order valence-corrected chi connectivity index (χ1v) is 7.74. The Morgan fingerprint density at radius 3 is 3.05 bits per heavy atom. The fraction of sp³-hybridized carbons (Fsp3) is 0.786. The molecule has 1 aromatic heterocycles. The van der Waals surface area contributed by atoms with E-state index in [9.17, 15) is 0 Å². The molecule has 2 heterocycles. The topological polar surface area (TPSA) is 72.4 Å². The molecule has 21 heavy (non-hydrogen) atoms. The van der Waals surface area contributed by atoms with Gasteiger partial charge in [0.05, 0.1) is 25.9 Å². The van der Waals surface area contributed by atoms with Crippen molar-refractivity contribution in [1.82, 2.24) is 15.0 Å². The van der Waals surface area contributed by atoms with Gasteiger partial charge in [-0.1, -0.05) is 6.92 Å². The SMILES string of the molecule is CCCNc1nc(OC)nc(N2CCOC3CCCC32)n1. The number of anilines is 2. The number of fused-ring (bicyclic) bond motifs is 1. The number of hydrogen-bond donors (Lipinski definition) is 1. The molecule has 3 rings (SSSR count). The molecule has 0 amide bonds. The highest BCUT2D eigenvalue weighted by atomic mass is 16.5. The molecule has 1 aliphatic carbocycles. The van der Waals surface area contributed by atoms with Crippen molar-refractivity contribution >= 4 is 11.9 Å². The molecule has 1 saturated carbocycles. The number of aromatic nitrogens is 3. The lowest BCUT2D eigenvalue weighted by atomic mass is 10.1. The van der Waals surface area contributed by atoms with Gasteiger partial charge in [0.25, 0.3) is 0 Å². The van der Waals surface area contributed by atoms with E-state index < -0.39 is 0 Å². The van der Waals surface area contributed by atoms with Gasteiger partial charge in [-0.15, -0.1) is 0 Å². The smallest absolute Gasteiger partial charge is 0.322 e. The fourth-order valence-electron chi connectivity index (χ4n) is 3.06. The van der Waals surface area contributed by atoms with Crippen LogP contribution in [0.15, 0.2) is 0 Å². The Kier molecular flexibility index (Phi) is 4.38. The zero-order valence-corrected chi connectivity index (χ0v) is 12.7. The predicted molar refractivity (Wildman–Crippen MR) is 79.9 cm³/mol. The molecule has 116 valence electrons. The Bertz CT molecular complexity index is 484. The maximum atomic E-state index is 5.85. The third-order valence-electron chi connectivity index (χ3n) is 4.06. The number of nitrogens with zero attached hydrogens (tertiary/aromatic N) is 4. The van der Waals surface area contributed by atoms with E-state index in [1.165, 1.54) is 6.42 Å². The summed E-state index contributed by atoms with van der Waals surface area (Å²) in [7, 11) is 1.58. The van der Waals surface area contributed by atoms with E-state index in [1.807, 2.05) is 0 Å². The van der Waals surface area contributed by atoms with Crippen LogP contribution in [0.2, 0.25) is 0 Å². The second-order valence-electron chi connectivity index (χ2n) is 5.47. The Labute approximate surface area is 125 Å². The number of morpholine rings is 1. The molecule has 0 spiro atoms. The minimum absolute atomic E-state index is 0.313. The lowest BCUT2D eigenvalue weighted by Gasteiger charge is -2.37. The highest BCUT2D eigenvalue weighted by Crippen LogP contribution is 2.32. The van der Waals surface area contributed by atoms with E-state index in [4.69, 9.17) is 9.47 Å². The summed E-state index contributed by atoms with van der Waals surface area (Å²) >= 11 is 0. The molecule has 2 aliphatic rings. The molecular weight excluding hydrogens is 270 g/mol. The molecule has 2 unspecified atom stereocenters. The summed E-state index contributed by atoms with van der Waals surface area (Å²) in [5.41, 5.74) is 0. The largest absolute Gasteiger partial charge is 0.467 e. The quantitative estimate of drug-likeness (QED) is 0.881. The molecule has 7 nitrogen and oxygen atoms in total. The van der Waals surface area contributed by atoms with E-state index in [1.54, 1.807) is 7.11 Å². The molecular formula is C14H23N5O2. The van der Waals surface area contributed by atoms with Crippen molar-refractivity contribution in [2.24, 2.45) is 0 Å². The van der Waals surface area contributed by atoms with Gasteiger partial charge >= 0.3 is 6.01 Å². The highest BCUT2D eigenvalue weighted by molar-refractivity contribution is 5.40. The van der Waals surface area contributed by atoms with Gasteiger partial charge in [0, 0.05) is 13.1 Å². The predicted octanol–water partition coefficient (Wildman–Crippen LogP) is 1.46. The molecule has 1 N–H and O–H groups in total.